The van der Waals surface area contributed by atoms with Crippen LogP contribution in [-0.2, 0) is 76.1 Å². The molecule has 76 heavy (non-hydrogen) atoms. The van der Waals surface area contributed by atoms with Crippen molar-refractivity contribution >= 4 is 53.2 Å². The molecule has 0 aliphatic carbocycles. The summed E-state index contributed by atoms with van der Waals surface area (Å²) < 4.78 is 59.9. The minimum atomic E-state index is -0.642. The molecule has 0 radical (unpaired) electrons. The zero-order valence-corrected chi connectivity index (χ0v) is 44.0. The maximum Gasteiger partial charge on any atom is 0.407 e. The smallest absolute Gasteiger partial charge is 0.407 e. The minimum absolute atomic E-state index is 0.0275. The number of ether oxygens (including phenoxy) is 11. The fourth-order valence-electron chi connectivity index (χ4n) is 7.21. The number of aliphatic imine (C=N–C) groups is 1. The molecule has 0 bridgehead atoms. The first-order valence-electron chi connectivity index (χ1n) is 26.1. The molecule has 3 heterocycles. The van der Waals surface area contributed by atoms with Crippen LogP contribution >= 0.6 is 0 Å². The van der Waals surface area contributed by atoms with Gasteiger partial charge in [-0.05, 0) is 43.9 Å². The van der Waals surface area contributed by atoms with Gasteiger partial charge in [0.15, 0.2) is 0 Å². The number of carbonyl (C=O) groups excluding carboxylic acids is 6. The normalized spacial score (nSPS) is 14.3. The van der Waals surface area contributed by atoms with E-state index in [0.29, 0.717) is 154 Å². The second-order valence-electron chi connectivity index (χ2n) is 16.9. The summed E-state index contributed by atoms with van der Waals surface area (Å²) in [6.07, 6.45) is 7.21. The van der Waals surface area contributed by atoms with Crippen molar-refractivity contribution in [3.05, 3.63) is 47.1 Å². The van der Waals surface area contributed by atoms with E-state index in [4.69, 9.17) is 62.7 Å². The highest BCUT2D eigenvalue weighted by Crippen LogP contribution is 2.29. The number of alkyl carbamates (subject to hydrolysis) is 1. The van der Waals surface area contributed by atoms with Crippen LogP contribution in [0.2, 0.25) is 0 Å². The summed E-state index contributed by atoms with van der Waals surface area (Å²) in [7, 11) is 0. The lowest BCUT2D eigenvalue weighted by atomic mass is 10.0. The lowest BCUT2D eigenvalue weighted by molar-refractivity contribution is -0.181. The number of amides is 6. The Bertz CT molecular complexity index is 1970. The zero-order chi connectivity index (χ0) is 54.3. The van der Waals surface area contributed by atoms with Gasteiger partial charge < -0.3 is 73.4 Å². The van der Waals surface area contributed by atoms with Crippen LogP contribution in [0.4, 0.5) is 10.5 Å². The maximum absolute atomic E-state index is 13.6. The van der Waals surface area contributed by atoms with Crippen LogP contribution in [0.3, 0.4) is 0 Å². The van der Waals surface area contributed by atoms with E-state index in [0.717, 1.165) is 49.4 Å². The van der Waals surface area contributed by atoms with Gasteiger partial charge in [-0.3, -0.25) is 33.7 Å². The molecule has 25 heteroatoms. The summed E-state index contributed by atoms with van der Waals surface area (Å²) in [5.41, 5.74) is 8.38. The van der Waals surface area contributed by atoms with E-state index in [1.807, 2.05) is 11.8 Å². The van der Waals surface area contributed by atoms with E-state index < -0.39 is 23.8 Å². The monoisotopic (exact) mass is 1080 g/mol. The fraction of sp³-hybridized carbons (Fsp3) is 0.667. The molecule has 1 fully saturated rings. The number of likely N-dealkylation sites (tertiary alicyclic amines) is 1. The van der Waals surface area contributed by atoms with Crippen molar-refractivity contribution < 1.29 is 85.7 Å². The lowest BCUT2D eigenvalue weighted by Crippen LogP contribution is -2.41. The Labute approximate surface area is 444 Å². The van der Waals surface area contributed by atoms with Crippen LogP contribution in [0.25, 0.3) is 6.08 Å². The number of piperidine rings is 1. The molecule has 0 atom stereocenters. The third-order valence-corrected chi connectivity index (χ3v) is 11.0. The van der Waals surface area contributed by atoms with E-state index in [1.165, 1.54) is 5.06 Å². The lowest BCUT2D eigenvalue weighted by Gasteiger charge is -2.26. The number of nitrogens with zero attached hydrogens (tertiary/aromatic N) is 4. The van der Waals surface area contributed by atoms with E-state index >= 15 is 0 Å². The SMILES string of the molecule is CCCN(OCCNC(=O)OCCOCCOCCOCCOCCOCCOCCOCCOCCOCCOCCNC(=O)CN1C(=O)C=CC1=O)C(=O)C1=Cc2ccc(C(=O)N3CCCCC3)cc2N=C(N)C1. The number of hydrogen-bond donors (Lipinski definition) is 3. The van der Waals surface area contributed by atoms with E-state index in [2.05, 4.69) is 15.6 Å². The number of benzene rings is 1. The van der Waals surface area contributed by atoms with E-state index in [-0.39, 0.29) is 70.1 Å². The van der Waals surface area contributed by atoms with Gasteiger partial charge in [0, 0.05) is 68.0 Å². The topological polar surface area (TPSA) is 285 Å². The first-order valence-corrected chi connectivity index (χ1v) is 26.1. The van der Waals surface area contributed by atoms with Crippen molar-refractivity contribution in [2.24, 2.45) is 10.7 Å². The summed E-state index contributed by atoms with van der Waals surface area (Å²) >= 11 is 0. The van der Waals surface area contributed by atoms with Crippen molar-refractivity contribution in [3.8, 4) is 0 Å². The Balaban J connectivity index is 0.835. The average molecular weight is 1080 g/mol. The second-order valence-corrected chi connectivity index (χ2v) is 16.9. The Morgan fingerprint density at radius 2 is 1.09 bits per heavy atom. The van der Waals surface area contributed by atoms with Crippen molar-refractivity contribution in [2.45, 2.75) is 39.0 Å². The molecule has 1 aromatic carbocycles. The number of rotatable bonds is 43. The standard InChI is InChI=1S/C51H79N7O18/c1-2-12-58(50(63)43-37-41-6-7-42(38-44(41)55-45(52)39-43)49(62)56-13-4-3-5-14-56)76-16-11-54-51(64)75-36-35-74-34-33-73-32-31-72-30-29-71-28-27-70-26-25-69-24-23-68-22-21-67-20-19-66-18-17-65-15-10-53-46(59)40-57-47(60)8-9-48(57)61/h6-9,37-38H,2-5,10-36,39-40H2,1H3,(H2,52,55)(H,53,59)(H,54,64). The third-order valence-electron chi connectivity index (χ3n) is 11.0. The van der Waals surface area contributed by atoms with E-state index in [1.54, 1.807) is 24.3 Å². The van der Waals surface area contributed by atoms with Gasteiger partial charge in [-0.2, -0.15) is 0 Å². The molecule has 4 N–H and O–H groups in total. The van der Waals surface area contributed by atoms with Crippen molar-refractivity contribution in [3.63, 3.8) is 0 Å². The van der Waals surface area contributed by atoms with Gasteiger partial charge in [-0.25, -0.2) is 14.9 Å². The summed E-state index contributed by atoms with van der Waals surface area (Å²) in [6, 6.07) is 5.27. The first kappa shape index (κ1) is 63.1. The Hall–Kier alpha value is -5.45. The van der Waals surface area contributed by atoms with Gasteiger partial charge in [-0.15, -0.1) is 0 Å². The Kier molecular flexibility index (Phi) is 33.1. The Morgan fingerprint density at radius 1 is 0.618 bits per heavy atom. The van der Waals surface area contributed by atoms with Crippen LogP contribution in [0, 0.1) is 0 Å². The molecule has 4 rings (SSSR count). The van der Waals surface area contributed by atoms with Gasteiger partial charge >= 0.3 is 6.09 Å². The highest BCUT2D eigenvalue weighted by Gasteiger charge is 2.26. The van der Waals surface area contributed by atoms with Gasteiger partial charge in [0.1, 0.15) is 19.0 Å². The Morgan fingerprint density at radius 3 is 1.59 bits per heavy atom. The molecular weight excluding hydrogens is 999 g/mol. The zero-order valence-electron chi connectivity index (χ0n) is 44.0. The first-order chi connectivity index (χ1) is 37.2. The summed E-state index contributed by atoms with van der Waals surface area (Å²) in [4.78, 5) is 86.6. The van der Waals surface area contributed by atoms with Crippen molar-refractivity contribution in [1.82, 2.24) is 25.5 Å². The molecule has 0 unspecified atom stereocenters. The number of nitrogens with two attached hydrogens (primary N) is 1. The molecule has 1 saturated heterocycles. The number of imide groups is 1. The highest BCUT2D eigenvalue weighted by molar-refractivity contribution is 6.14. The predicted molar refractivity (Wildman–Crippen MR) is 274 cm³/mol. The molecule has 0 aromatic heterocycles. The van der Waals surface area contributed by atoms with Crippen LogP contribution < -0.4 is 16.4 Å². The highest BCUT2D eigenvalue weighted by atomic mass is 16.7. The van der Waals surface area contributed by atoms with Gasteiger partial charge in [-0.1, -0.05) is 13.0 Å². The third kappa shape index (κ3) is 27.0. The van der Waals surface area contributed by atoms with Crippen LogP contribution in [0.1, 0.15) is 54.9 Å². The van der Waals surface area contributed by atoms with Gasteiger partial charge in [0.05, 0.1) is 144 Å². The predicted octanol–water partition coefficient (Wildman–Crippen LogP) is 1.19. The van der Waals surface area contributed by atoms with Gasteiger partial charge in [0.25, 0.3) is 23.6 Å². The molecular formula is C51H79N7O18. The molecule has 3 aliphatic heterocycles. The number of nitrogens with one attached hydrogen (secondary N) is 2. The molecule has 1 aromatic rings. The summed E-state index contributed by atoms with van der Waals surface area (Å²) in [6.45, 7) is 11.6. The van der Waals surface area contributed by atoms with Crippen molar-refractivity contribution in [1.29, 1.82) is 0 Å². The quantitative estimate of drug-likeness (QED) is 0.0470. The molecule has 3 aliphatic rings. The number of fused-ring (bicyclic) bond motifs is 1. The maximum atomic E-state index is 13.6. The molecule has 0 saturated carbocycles. The molecule has 25 nitrogen and oxygen atoms in total. The molecule has 0 spiro atoms. The fourth-order valence-corrected chi connectivity index (χ4v) is 7.21. The van der Waals surface area contributed by atoms with Crippen LogP contribution in [0.15, 0.2) is 40.9 Å². The summed E-state index contributed by atoms with van der Waals surface area (Å²) in [5, 5.41) is 6.45. The van der Waals surface area contributed by atoms with Crippen LogP contribution in [-0.4, -0.2) is 241 Å². The second kappa shape index (κ2) is 39.9. The average Bonchev–Trinajstić information content (AvgIpc) is 3.63. The number of amidine groups is 1. The van der Waals surface area contributed by atoms with E-state index in [9.17, 15) is 28.8 Å². The van der Waals surface area contributed by atoms with Crippen molar-refractivity contribution in [2.75, 3.05) is 185 Å². The number of hydroxylamine groups is 2. The summed E-state index contributed by atoms with van der Waals surface area (Å²) in [5.74, 6) is -1.59. The van der Waals surface area contributed by atoms with Crippen LogP contribution in [0.5, 0.6) is 0 Å². The number of hydrogen-bond acceptors (Lipinski definition) is 20. The molecule has 426 valence electrons. The minimum Gasteiger partial charge on any atom is -0.447 e. The van der Waals surface area contributed by atoms with Gasteiger partial charge in [0.2, 0.25) is 5.91 Å². The number of carbonyl (C=O) groups is 6. The largest absolute Gasteiger partial charge is 0.447 e. The molecule has 6 amide bonds.